The molecule has 7 rings (SSSR count). The number of hydrogen-bond acceptors (Lipinski definition) is 5. The molecule has 2 fully saturated rings. The second-order valence-corrected chi connectivity index (χ2v) is 10.2. The summed E-state index contributed by atoms with van der Waals surface area (Å²) in [6.45, 7) is 2.92. The summed E-state index contributed by atoms with van der Waals surface area (Å²) in [7, 11) is 0. The van der Waals surface area contributed by atoms with Gasteiger partial charge in [-0.3, -0.25) is 19.3 Å². The van der Waals surface area contributed by atoms with Crippen LogP contribution in [0.2, 0.25) is 0 Å². The van der Waals surface area contributed by atoms with E-state index < -0.39 is 16.9 Å². The molecule has 186 valence electrons. The Bertz CT molecular complexity index is 1480. The van der Waals surface area contributed by atoms with E-state index >= 15 is 0 Å². The van der Waals surface area contributed by atoms with Crippen LogP contribution in [-0.2, 0) is 20.5 Å². The Morgan fingerprint density at radius 2 is 1.57 bits per heavy atom. The van der Waals surface area contributed by atoms with Gasteiger partial charge >= 0.3 is 0 Å². The van der Waals surface area contributed by atoms with Crippen LogP contribution in [0.25, 0.3) is 0 Å². The highest BCUT2D eigenvalue weighted by atomic mass is 16.5. The number of benzene rings is 3. The zero-order valence-corrected chi connectivity index (χ0v) is 20.5. The number of Topliss-reactive ketones (excluding diaryl/α,β-unsaturated/α-hetero) is 1. The number of anilines is 2. The lowest BCUT2D eigenvalue weighted by Gasteiger charge is -2.43. The number of carbonyl (C=O) groups excluding carboxylic acids is 3. The average molecular weight is 494 g/mol. The molecule has 0 aliphatic carbocycles. The molecule has 2 saturated heterocycles. The molecule has 4 aliphatic heterocycles. The molecule has 7 nitrogen and oxygen atoms in total. The number of amides is 2. The Hall–Kier alpha value is -3.97. The summed E-state index contributed by atoms with van der Waals surface area (Å²) >= 11 is 0. The molecule has 37 heavy (non-hydrogen) atoms. The number of ketones is 1. The van der Waals surface area contributed by atoms with Crippen molar-refractivity contribution in [1.29, 1.82) is 0 Å². The summed E-state index contributed by atoms with van der Waals surface area (Å²) in [5.41, 5.74) is 0.463. The first-order chi connectivity index (χ1) is 18.1. The standard InChI is InChI=1S/C30H27N3O4/c1-2-37-24-16-8-3-10-18(24)26(34)25-23-15-9-17-33(23)30(20-12-5-7-14-22(20)32-28(30)36)29(25)19-11-4-6-13-21(19)31-27(29)35/h3-8,10-14,16,23,25H,2,9,15,17H2,1H3,(H,31,35)(H,32,36)/t23-,25-,29+,30-/m1/s1. The summed E-state index contributed by atoms with van der Waals surface area (Å²) in [4.78, 5) is 45.7. The van der Waals surface area contributed by atoms with Crippen molar-refractivity contribution < 1.29 is 19.1 Å². The fraction of sp³-hybridized carbons (Fsp3) is 0.300. The molecule has 0 bridgehead atoms. The Kier molecular flexibility index (Phi) is 4.67. The minimum absolute atomic E-state index is 0.165. The van der Waals surface area contributed by atoms with Crippen molar-refractivity contribution in [2.75, 3.05) is 23.8 Å². The smallest absolute Gasteiger partial charge is 0.251 e. The molecule has 3 aromatic carbocycles. The Morgan fingerprint density at radius 1 is 0.919 bits per heavy atom. The minimum Gasteiger partial charge on any atom is -0.493 e. The van der Waals surface area contributed by atoms with Crippen LogP contribution in [0.3, 0.4) is 0 Å². The van der Waals surface area contributed by atoms with Crippen LogP contribution < -0.4 is 15.4 Å². The van der Waals surface area contributed by atoms with Crippen molar-refractivity contribution in [1.82, 2.24) is 4.90 Å². The van der Waals surface area contributed by atoms with Crippen LogP contribution in [0.1, 0.15) is 41.3 Å². The average Bonchev–Trinajstić information content (AvgIpc) is 3.63. The second kappa shape index (κ2) is 7.76. The fourth-order valence-electron chi connectivity index (χ4n) is 7.65. The molecular formula is C30H27N3O4. The van der Waals surface area contributed by atoms with Gasteiger partial charge in [-0.1, -0.05) is 48.5 Å². The summed E-state index contributed by atoms with van der Waals surface area (Å²) in [5, 5.41) is 6.15. The highest BCUT2D eigenvalue weighted by Gasteiger charge is 2.81. The topological polar surface area (TPSA) is 87.7 Å². The van der Waals surface area contributed by atoms with Gasteiger partial charge in [0.2, 0.25) is 5.91 Å². The summed E-state index contributed by atoms with van der Waals surface area (Å²) in [5.74, 6) is -0.999. The number of carbonyl (C=O) groups is 3. The van der Waals surface area contributed by atoms with Gasteiger partial charge in [-0.15, -0.1) is 0 Å². The van der Waals surface area contributed by atoms with Crippen molar-refractivity contribution in [3.05, 3.63) is 89.5 Å². The van der Waals surface area contributed by atoms with Gasteiger partial charge in [0.1, 0.15) is 16.7 Å². The van der Waals surface area contributed by atoms with Gasteiger partial charge in [-0.2, -0.15) is 0 Å². The SMILES string of the molecule is CCOc1ccccc1C(=O)[C@H]1[C@H]2CCCN2[C@]2(C(=O)Nc3ccccc32)[C@]12C(=O)Nc1ccccc12. The molecule has 0 radical (unpaired) electrons. The normalized spacial score (nSPS) is 29.2. The Morgan fingerprint density at radius 3 is 2.35 bits per heavy atom. The Labute approximate surface area is 214 Å². The fourth-order valence-corrected chi connectivity index (χ4v) is 7.65. The first-order valence-corrected chi connectivity index (χ1v) is 12.9. The zero-order chi connectivity index (χ0) is 25.4. The van der Waals surface area contributed by atoms with E-state index in [1.165, 1.54) is 0 Å². The third kappa shape index (κ3) is 2.52. The van der Waals surface area contributed by atoms with Crippen molar-refractivity contribution >= 4 is 29.0 Å². The van der Waals surface area contributed by atoms with Gasteiger partial charge in [-0.05, 0) is 56.1 Å². The molecule has 2 N–H and O–H groups in total. The Balaban J connectivity index is 1.57. The van der Waals surface area contributed by atoms with Crippen LogP contribution in [0.4, 0.5) is 11.4 Å². The van der Waals surface area contributed by atoms with Crippen molar-refractivity contribution in [2.24, 2.45) is 5.92 Å². The maximum Gasteiger partial charge on any atom is 0.251 e. The van der Waals surface area contributed by atoms with E-state index in [1.54, 1.807) is 12.1 Å². The van der Waals surface area contributed by atoms with E-state index in [0.29, 0.717) is 41.4 Å². The quantitative estimate of drug-likeness (QED) is 0.535. The lowest BCUT2D eigenvalue weighted by atomic mass is 9.57. The summed E-state index contributed by atoms with van der Waals surface area (Å²) < 4.78 is 5.86. The predicted molar refractivity (Wildman–Crippen MR) is 139 cm³/mol. The van der Waals surface area contributed by atoms with Crippen LogP contribution in [0.15, 0.2) is 72.8 Å². The predicted octanol–water partition coefficient (Wildman–Crippen LogP) is 4.10. The van der Waals surface area contributed by atoms with Gasteiger partial charge < -0.3 is 15.4 Å². The molecule has 2 amide bonds. The molecule has 7 heteroatoms. The number of fused-ring (bicyclic) bond motifs is 7. The summed E-state index contributed by atoms with van der Waals surface area (Å²) in [6.07, 6.45) is 1.57. The molecular weight excluding hydrogens is 466 g/mol. The van der Waals surface area contributed by atoms with E-state index in [0.717, 1.165) is 18.4 Å². The zero-order valence-electron chi connectivity index (χ0n) is 20.5. The molecule has 3 aromatic rings. The van der Waals surface area contributed by atoms with E-state index in [9.17, 15) is 14.4 Å². The molecule has 4 heterocycles. The van der Waals surface area contributed by atoms with Crippen molar-refractivity contribution in [2.45, 2.75) is 36.8 Å². The van der Waals surface area contributed by atoms with Gasteiger partial charge in [0.15, 0.2) is 5.78 Å². The molecule has 4 aliphatic rings. The maximum absolute atomic E-state index is 14.7. The van der Waals surface area contributed by atoms with Crippen molar-refractivity contribution in [3.8, 4) is 5.75 Å². The van der Waals surface area contributed by atoms with Crippen LogP contribution in [-0.4, -0.2) is 41.7 Å². The van der Waals surface area contributed by atoms with Crippen LogP contribution in [0, 0.1) is 5.92 Å². The minimum atomic E-state index is -1.44. The first-order valence-electron chi connectivity index (χ1n) is 12.9. The molecule has 0 unspecified atom stereocenters. The highest BCUT2D eigenvalue weighted by Crippen LogP contribution is 2.67. The molecule has 2 spiro atoms. The lowest BCUT2D eigenvalue weighted by Crippen LogP contribution is -2.62. The van der Waals surface area contributed by atoms with E-state index in [2.05, 4.69) is 15.5 Å². The van der Waals surface area contributed by atoms with Crippen LogP contribution >= 0.6 is 0 Å². The van der Waals surface area contributed by atoms with E-state index in [-0.39, 0.29) is 23.6 Å². The molecule has 4 atom stereocenters. The van der Waals surface area contributed by atoms with Crippen molar-refractivity contribution in [3.63, 3.8) is 0 Å². The van der Waals surface area contributed by atoms with E-state index in [1.807, 2.05) is 67.6 Å². The second-order valence-electron chi connectivity index (χ2n) is 10.2. The number of para-hydroxylation sites is 3. The monoisotopic (exact) mass is 493 g/mol. The third-order valence-electron chi connectivity index (χ3n) is 8.74. The summed E-state index contributed by atoms with van der Waals surface area (Å²) in [6, 6.07) is 22.0. The molecule has 0 aromatic heterocycles. The van der Waals surface area contributed by atoms with Gasteiger partial charge in [0, 0.05) is 23.0 Å². The van der Waals surface area contributed by atoms with Gasteiger partial charge in [0.05, 0.1) is 18.1 Å². The number of nitrogens with one attached hydrogen (secondary N) is 2. The van der Waals surface area contributed by atoms with Gasteiger partial charge in [0.25, 0.3) is 5.91 Å². The molecule has 0 saturated carbocycles. The first kappa shape index (κ1) is 22.2. The maximum atomic E-state index is 14.7. The number of ether oxygens (including phenoxy) is 1. The van der Waals surface area contributed by atoms with Crippen LogP contribution in [0.5, 0.6) is 5.75 Å². The lowest BCUT2D eigenvalue weighted by molar-refractivity contribution is -0.137. The number of nitrogens with zero attached hydrogens (tertiary/aromatic N) is 1. The number of hydrogen-bond donors (Lipinski definition) is 2. The highest BCUT2D eigenvalue weighted by molar-refractivity contribution is 6.21. The van der Waals surface area contributed by atoms with E-state index in [4.69, 9.17) is 4.74 Å². The largest absolute Gasteiger partial charge is 0.493 e. The third-order valence-corrected chi connectivity index (χ3v) is 8.74. The number of rotatable bonds is 4. The van der Waals surface area contributed by atoms with Gasteiger partial charge in [-0.25, -0.2) is 0 Å².